The molecule has 3 aromatic rings. The number of nitrogens with zero attached hydrogens (tertiary/aromatic N) is 3. The Morgan fingerprint density at radius 2 is 1.80 bits per heavy atom. The first-order valence-electron chi connectivity index (χ1n) is 10.9. The Hall–Kier alpha value is -2.92. The van der Waals surface area contributed by atoms with E-state index in [1.165, 1.54) is 18.4 Å². The molecular weight excluding hydrogens is 372 g/mol. The third-order valence-electron chi connectivity index (χ3n) is 5.49. The van der Waals surface area contributed by atoms with Gasteiger partial charge in [0.05, 0.1) is 0 Å². The largest absolute Gasteiger partial charge is 0.508 e. The van der Waals surface area contributed by atoms with E-state index in [2.05, 4.69) is 51.4 Å². The maximum Gasteiger partial charge on any atom is 0.225 e. The van der Waals surface area contributed by atoms with E-state index in [-0.39, 0.29) is 0 Å². The molecule has 1 saturated carbocycles. The number of aromatic hydroxyl groups is 1. The van der Waals surface area contributed by atoms with Crippen LogP contribution in [0.1, 0.15) is 37.3 Å². The zero-order chi connectivity index (χ0) is 20.8. The molecule has 1 aromatic heterocycles. The number of benzene rings is 2. The highest BCUT2D eigenvalue weighted by molar-refractivity contribution is 5.63. The van der Waals surface area contributed by atoms with Gasteiger partial charge in [-0.05, 0) is 48.4 Å². The summed E-state index contributed by atoms with van der Waals surface area (Å²) in [5.41, 5.74) is 4.24. The molecule has 0 saturated heterocycles. The number of rotatable bonds is 10. The van der Waals surface area contributed by atoms with Crippen LogP contribution in [-0.2, 0) is 13.1 Å². The lowest BCUT2D eigenvalue weighted by Crippen LogP contribution is -2.28. The summed E-state index contributed by atoms with van der Waals surface area (Å²) in [7, 11) is 0. The van der Waals surface area contributed by atoms with Gasteiger partial charge in [-0.3, -0.25) is 0 Å². The summed E-state index contributed by atoms with van der Waals surface area (Å²) < 4.78 is 0. The van der Waals surface area contributed by atoms with Crippen molar-refractivity contribution in [3.63, 3.8) is 0 Å². The van der Waals surface area contributed by atoms with Gasteiger partial charge in [0.25, 0.3) is 0 Å². The summed E-state index contributed by atoms with van der Waals surface area (Å²) in [5, 5.41) is 13.3. The predicted octanol–water partition coefficient (Wildman–Crippen LogP) is 4.77. The fourth-order valence-electron chi connectivity index (χ4n) is 3.65. The number of para-hydroxylation sites is 1. The molecule has 2 aromatic carbocycles. The molecule has 156 valence electrons. The highest BCUT2D eigenvalue weighted by atomic mass is 16.3. The van der Waals surface area contributed by atoms with E-state index in [0.29, 0.717) is 12.3 Å². The molecule has 0 bridgehead atoms. The molecule has 1 fully saturated rings. The number of hydrogen-bond acceptors (Lipinski definition) is 5. The molecule has 1 aliphatic rings. The second-order valence-corrected chi connectivity index (χ2v) is 8.09. The van der Waals surface area contributed by atoms with E-state index in [0.717, 1.165) is 54.6 Å². The van der Waals surface area contributed by atoms with Crippen molar-refractivity contribution < 1.29 is 5.11 Å². The molecular formula is C25H30N4O. The summed E-state index contributed by atoms with van der Waals surface area (Å²) in [6, 6.07) is 15.9. The Morgan fingerprint density at radius 3 is 2.53 bits per heavy atom. The zero-order valence-electron chi connectivity index (χ0n) is 17.6. The van der Waals surface area contributed by atoms with Crippen LogP contribution in [0.5, 0.6) is 5.75 Å². The SMILES string of the molecule is CCCN(CC1CC1)c1ncc(-c2cccc(CNCc3ccccc3O)c2)cn1. The van der Waals surface area contributed by atoms with Crippen LogP contribution < -0.4 is 10.2 Å². The van der Waals surface area contributed by atoms with Gasteiger partial charge in [0.1, 0.15) is 5.75 Å². The van der Waals surface area contributed by atoms with Gasteiger partial charge < -0.3 is 15.3 Å². The van der Waals surface area contributed by atoms with Crippen molar-refractivity contribution in [2.75, 3.05) is 18.0 Å². The van der Waals surface area contributed by atoms with Crippen molar-refractivity contribution in [3.05, 3.63) is 72.1 Å². The predicted molar refractivity (Wildman–Crippen MR) is 121 cm³/mol. The first-order valence-corrected chi connectivity index (χ1v) is 10.9. The Labute approximate surface area is 178 Å². The van der Waals surface area contributed by atoms with Crippen molar-refractivity contribution in [2.45, 2.75) is 39.3 Å². The molecule has 0 spiro atoms. The molecule has 5 heteroatoms. The molecule has 0 atom stereocenters. The van der Waals surface area contributed by atoms with Crippen LogP contribution in [0.3, 0.4) is 0 Å². The van der Waals surface area contributed by atoms with Gasteiger partial charge in [0, 0.05) is 49.7 Å². The molecule has 2 N–H and O–H groups in total. The van der Waals surface area contributed by atoms with Gasteiger partial charge in [0.2, 0.25) is 5.95 Å². The molecule has 1 aliphatic carbocycles. The summed E-state index contributed by atoms with van der Waals surface area (Å²) in [6.07, 6.45) is 7.65. The van der Waals surface area contributed by atoms with E-state index in [1.807, 2.05) is 30.6 Å². The molecule has 0 aliphatic heterocycles. The number of phenolic OH excluding ortho intramolecular Hbond substituents is 1. The first-order chi connectivity index (χ1) is 14.7. The van der Waals surface area contributed by atoms with Crippen molar-refractivity contribution in [1.82, 2.24) is 15.3 Å². The van der Waals surface area contributed by atoms with Crippen molar-refractivity contribution in [1.29, 1.82) is 0 Å². The summed E-state index contributed by atoms with van der Waals surface area (Å²) in [5.74, 6) is 1.99. The first kappa shape index (κ1) is 20.4. The molecule has 5 nitrogen and oxygen atoms in total. The minimum atomic E-state index is 0.329. The molecule has 0 amide bonds. The Balaban J connectivity index is 1.39. The summed E-state index contributed by atoms with van der Waals surface area (Å²) in [6.45, 7) is 5.64. The van der Waals surface area contributed by atoms with E-state index < -0.39 is 0 Å². The average Bonchev–Trinajstić information content (AvgIpc) is 3.59. The van der Waals surface area contributed by atoms with Gasteiger partial charge in [-0.15, -0.1) is 0 Å². The highest BCUT2D eigenvalue weighted by Gasteiger charge is 2.25. The smallest absolute Gasteiger partial charge is 0.225 e. The third-order valence-corrected chi connectivity index (χ3v) is 5.49. The lowest BCUT2D eigenvalue weighted by atomic mass is 10.1. The molecule has 4 rings (SSSR count). The second-order valence-electron chi connectivity index (χ2n) is 8.09. The summed E-state index contributed by atoms with van der Waals surface area (Å²) >= 11 is 0. The fourth-order valence-corrected chi connectivity index (χ4v) is 3.65. The van der Waals surface area contributed by atoms with E-state index in [1.54, 1.807) is 6.07 Å². The standard InChI is InChI=1S/C25H30N4O/c1-2-12-29(18-19-10-11-19)25-27-16-23(17-28-25)21-8-5-6-20(13-21)14-26-15-22-7-3-4-9-24(22)30/h3-9,13,16-17,19,26,30H,2,10-12,14-15,18H2,1H3. The lowest BCUT2D eigenvalue weighted by molar-refractivity contribution is 0.464. The third kappa shape index (κ3) is 5.36. The Bertz CT molecular complexity index is 953. The van der Waals surface area contributed by atoms with Crippen LogP contribution in [-0.4, -0.2) is 28.2 Å². The number of nitrogens with one attached hydrogen (secondary N) is 1. The van der Waals surface area contributed by atoms with Crippen LogP contribution in [0.2, 0.25) is 0 Å². The minimum absolute atomic E-state index is 0.329. The van der Waals surface area contributed by atoms with Crippen LogP contribution in [0.25, 0.3) is 11.1 Å². The van der Waals surface area contributed by atoms with Crippen LogP contribution in [0.15, 0.2) is 60.9 Å². The fraction of sp³-hybridized carbons (Fsp3) is 0.360. The minimum Gasteiger partial charge on any atom is -0.508 e. The molecule has 1 heterocycles. The quantitative estimate of drug-likeness (QED) is 0.512. The number of anilines is 1. The van der Waals surface area contributed by atoms with Gasteiger partial charge >= 0.3 is 0 Å². The van der Waals surface area contributed by atoms with Crippen molar-refractivity contribution in [2.24, 2.45) is 5.92 Å². The van der Waals surface area contributed by atoms with E-state index in [4.69, 9.17) is 0 Å². The van der Waals surface area contributed by atoms with Crippen LogP contribution in [0.4, 0.5) is 5.95 Å². The maximum atomic E-state index is 9.89. The zero-order valence-corrected chi connectivity index (χ0v) is 17.6. The normalized spacial score (nSPS) is 13.4. The lowest BCUT2D eigenvalue weighted by Gasteiger charge is -2.21. The molecule has 30 heavy (non-hydrogen) atoms. The number of aromatic nitrogens is 2. The van der Waals surface area contributed by atoms with Gasteiger partial charge in [-0.2, -0.15) is 0 Å². The Morgan fingerprint density at radius 1 is 1.00 bits per heavy atom. The summed E-state index contributed by atoms with van der Waals surface area (Å²) in [4.78, 5) is 11.7. The van der Waals surface area contributed by atoms with E-state index >= 15 is 0 Å². The monoisotopic (exact) mass is 402 g/mol. The van der Waals surface area contributed by atoms with Gasteiger partial charge in [0.15, 0.2) is 0 Å². The molecule has 0 radical (unpaired) electrons. The topological polar surface area (TPSA) is 61.3 Å². The van der Waals surface area contributed by atoms with Gasteiger partial charge in [-0.25, -0.2) is 9.97 Å². The van der Waals surface area contributed by atoms with Crippen LogP contribution in [0, 0.1) is 5.92 Å². The van der Waals surface area contributed by atoms with Crippen molar-refractivity contribution >= 4 is 5.95 Å². The van der Waals surface area contributed by atoms with Gasteiger partial charge in [-0.1, -0.05) is 43.3 Å². The average molecular weight is 403 g/mol. The van der Waals surface area contributed by atoms with Crippen LogP contribution >= 0.6 is 0 Å². The highest BCUT2D eigenvalue weighted by Crippen LogP contribution is 2.31. The molecule has 0 unspecified atom stereocenters. The number of phenols is 1. The van der Waals surface area contributed by atoms with E-state index in [9.17, 15) is 5.11 Å². The maximum absolute atomic E-state index is 9.89. The Kier molecular flexibility index (Phi) is 6.60. The number of hydrogen-bond donors (Lipinski definition) is 2. The second kappa shape index (κ2) is 9.72. The van der Waals surface area contributed by atoms with Crippen molar-refractivity contribution in [3.8, 4) is 16.9 Å².